The van der Waals surface area contributed by atoms with Gasteiger partial charge in [0.25, 0.3) is 0 Å². The fraction of sp³-hybridized carbons (Fsp3) is 0.417. The molecule has 20 heavy (non-hydrogen) atoms. The summed E-state index contributed by atoms with van der Waals surface area (Å²) in [5, 5.41) is 0. The van der Waals surface area contributed by atoms with Gasteiger partial charge in [0, 0.05) is 13.6 Å². The van der Waals surface area contributed by atoms with Gasteiger partial charge in [-0.25, -0.2) is 4.79 Å². The largest absolute Gasteiger partial charge is 0.454 e. The number of alkyl halides is 3. The van der Waals surface area contributed by atoms with Gasteiger partial charge in [-0.05, 0) is 17.7 Å². The van der Waals surface area contributed by atoms with E-state index in [1.807, 2.05) is 0 Å². The van der Waals surface area contributed by atoms with Crippen LogP contribution < -0.4 is 9.47 Å². The third-order valence-corrected chi connectivity index (χ3v) is 2.53. The summed E-state index contributed by atoms with van der Waals surface area (Å²) in [6, 6.07) is 5.03. The minimum Gasteiger partial charge on any atom is -0.454 e. The molecule has 1 aliphatic rings. The number of rotatable bonds is 3. The average molecular weight is 291 g/mol. The highest BCUT2D eigenvalue weighted by atomic mass is 19.4. The van der Waals surface area contributed by atoms with Crippen LogP contribution in [0.3, 0.4) is 0 Å². The molecular formula is C12H12F3NO4. The molecule has 0 aliphatic carbocycles. The van der Waals surface area contributed by atoms with Crippen LogP contribution in [0.4, 0.5) is 18.0 Å². The van der Waals surface area contributed by atoms with E-state index in [1.54, 1.807) is 18.2 Å². The smallest absolute Gasteiger partial charge is 0.422 e. The summed E-state index contributed by atoms with van der Waals surface area (Å²) >= 11 is 0. The predicted octanol–water partition coefficient (Wildman–Crippen LogP) is 2.55. The Bertz CT molecular complexity index is 504. The Morgan fingerprint density at radius 1 is 1.35 bits per heavy atom. The topological polar surface area (TPSA) is 48.0 Å². The van der Waals surface area contributed by atoms with Gasteiger partial charge < -0.3 is 19.1 Å². The summed E-state index contributed by atoms with van der Waals surface area (Å²) < 4.78 is 50.2. The van der Waals surface area contributed by atoms with Crippen LogP contribution in [-0.4, -0.2) is 37.6 Å². The van der Waals surface area contributed by atoms with E-state index >= 15 is 0 Å². The van der Waals surface area contributed by atoms with E-state index in [0.717, 1.165) is 4.90 Å². The summed E-state index contributed by atoms with van der Waals surface area (Å²) in [7, 11) is 1.35. The highest BCUT2D eigenvalue weighted by Crippen LogP contribution is 2.32. The van der Waals surface area contributed by atoms with Gasteiger partial charge in [-0.3, -0.25) is 0 Å². The number of carbonyl (C=O) groups is 1. The lowest BCUT2D eigenvalue weighted by molar-refractivity contribution is -0.162. The van der Waals surface area contributed by atoms with Crippen molar-refractivity contribution in [2.75, 3.05) is 20.4 Å². The summed E-state index contributed by atoms with van der Waals surface area (Å²) in [5.41, 5.74) is 0.695. The number of benzene rings is 1. The van der Waals surface area contributed by atoms with Crippen LogP contribution in [0, 0.1) is 0 Å². The molecule has 8 heteroatoms. The highest BCUT2D eigenvalue weighted by Gasteiger charge is 2.30. The van der Waals surface area contributed by atoms with Crippen LogP contribution in [0.25, 0.3) is 0 Å². The Labute approximate surface area is 112 Å². The number of amides is 1. The summed E-state index contributed by atoms with van der Waals surface area (Å²) in [4.78, 5) is 12.4. The Morgan fingerprint density at radius 3 is 2.75 bits per heavy atom. The molecule has 1 heterocycles. The highest BCUT2D eigenvalue weighted by molar-refractivity contribution is 5.67. The van der Waals surface area contributed by atoms with Gasteiger partial charge in [0.1, 0.15) is 0 Å². The second kappa shape index (κ2) is 5.48. The van der Waals surface area contributed by atoms with Gasteiger partial charge >= 0.3 is 12.3 Å². The first-order chi connectivity index (χ1) is 9.35. The molecule has 0 radical (unpaired) electrons. The number of hydrogen-bond acceptors (Lipinski definition) is 4. The van der Waals surface area contributed by atoms with Gasteiger partial charge in [0.05, 0.1) is 0 Å². The molecule has 0 fully saturated rings. The number of halogens is 3. The minimum atomic E-state index is -4.53. The van der Waals surface area contributed by atoms with Crippen molar-refractivity contribution in [2.24, 2.45) is 0 Å². The molecule has 0 bridgehead atoms. The number of ether oxygens (including phenoxy) is 3. The average Bonchev–Trinajstić information content (AvgIpc) is 2.82. The Morgan fingerprint density at radius 2 is 2.05 bits per heavy atom. The Balaban J connectivity index is 1.90. The van der Waals surface area contributed by atoms with E-state index < -0.39 is 18.9 Å². The lowest BCUT2D eigenvalue weighted by atomic mass is 10.2. The molecule has 0 unspecified atom stereocenters. The molecule has 0 saturated carbocycles. The first-order valence-corrected chi connectivity index (χ1v) is 5.68. The van der Waals surface area contributed by atoms with Crippen molar-refractivity contribution in [3.63, 3.8) is 0 Å². The first-order valence-electron chi connectivity index (χ1n) is 5.68. The molecule has 2 rings (SSSR count). The van der Waals surface area contributed by atoms with E-state index in [4.69, 9.17) is 9.47 Å². The van der Waals surface area contributed by atoms with Crippen LogP contribution in [0.1, 0.15) is 5.56 Å². The molecule has 0 spiro atoms. The van der Waals surface area contributed by atoms with E-state index in [1.165, 1.54) is 7.05 Å². The summed E-state index contributed by atoms with van der Waals surface area (Å²) in [6.45, 7) is -1.37. The third kappa shape index (κ3) is 3.69. The van der Waals surface area contributed by atoms with Crippen molar-refractivity contribution < 1.29 is 32.2 Å². The maximum absolute atomic E-state index is 11.9. The van der Waals surface area contributed by atoms with Crippen LogP contribution in [0.15, 0.2) is 18.2 Å². The van der Waals surface area contributed by atoms with Crippen molar-refractivity contribution in [3.05, 3.63) is 23.8 Å². The second-order valence-electron chi connectivity index (χ2n) is 4.21. The molecule has 0 saturated heterocycles. The van der Waals surface area contributed by atoms with Crippen LogP contribution in [0.2, 0.25) is 0 Å². The lowest BCUT2D eigenvalue weighted by Gasteiger charge is -2.17. The number of fused-ring (bicyclic) bond motifs is 1. The molecule has 1 aliphatic heterocycles. The van der Waals surface area contributed by atoms with Gasteiger partial charge in [0.15, 0.2) is 18.1 Å². The molecule has 110 valence electrons. The van der Waals surface area contributed by atoms with Crippen molar-refractivity contribution in [1.29, 1.82) is 0 Å². The van der Waals surface area contributed by atoms with E-state index in [2.05, 4.69) is 4.74 Å². The zero-order valence-corrected chi connectivity index (χ0v) is 10.6. The Hall–Kier alpha value is -2.12. The molecule has 1 amide bonds. The van der Waals surface area contributed by atoms with E-state index in [9.17, 15) is 18.0 Å². The van der Waals surface area contributed by atoms with Crippen LogP contribution >= 0.6 is 0 Å². The molecule has 0 N–H and O–H groups in total. The number of carbonyl (C=O) groups excluding carboxylic acids is 1. The van der Waals surface area contributed by atoms with Crippen molar-refractivity contribution >= 4 is 6.09 Å². The molecule has 0 atom stereocenters. The standard InChI is InChI=1S/C12H12F3NO4/c1-16(11(17)18-6-12(13,14)15)5-8-2-3-9-10(4-8)20-7-19-9/h2-4H,5-7H2,1H3. The van der Waals surface area contributed by atoms with Crippen LogP contribution in [0.5, 0.6) is 11.5 Å². The monoisotopic (exact) mass is 291 g/mol. The molecule has 1 aromatic carbocycles. The van der Waals surface area contributed by atoms with E-state index in [-0.39, 0.29) is 13.3 Å². The van der Waals surface area contributed by atoms with Gasteiger partial charge in [-0.2, -0.15) is 13.2 Å². The SMILES string of the molecule is CN(Cc1ccc2c(c1)OCO2)C(=O)OCC(F)(F)F. The van der Waals surface area contributed by atoms with Crippen molar-refractivity contribution in [2.45, 2.75) is 12.7 Å². The fourth-order valence-electron chi connectivity index (χ4n) is 1.63. The third-order valence-electron chi connectivity index (χ3n) is 2.53. The first kappa shape index (κ1) is 14.3. The number of hydrogen-bond donors (Lipinski definition) is 0. The van der Waals surface area contributed by atoms with Gasteiger partial charge in [0.2, 0.25) is 6.79 Å². The van der Waals surface area contributed by atoms with Crippen LogP contribution in [-0.2, 0) is 11.3 Å². The van der Waals surface area contributed by atoms with Gasteiger partial charge in [-0.1, -0.05) is 6.07 Å². The minimum absolute atomic E-state index is 0.104. The summed E-state index contributed by atoms with van der Waals surface area (Å²) in [6.07, 6.45) is -5.57. The maximum atomic E-state index is 11.9. The summed E-state index contributed by atoms with van der Waals surface area (Å²) in [5.74, 6) is 1.13. The maximum Gasteiger partial charge on any atom is 0.422 e. The zero-order valence-electron chi connectivity index (χ0n) is 10.6. The zero-order chi connectivity index (χ0) is 14.8. The van der Waals surface area contributed by atoms with Crippen molar-refractivity contribution in [3.8, 4) is 11.5 Å². The fourth-order valence-corrected chi connectivity index (χ4v) is 1.63. The molecule has 0 aromatic heterocycles. The number of nitrogens with zero attached hydrogens (tertiary/aromatic N) is 1. The van der Waals surface area contributed by atoms with Crippen molar-refractivity contribution in [1.82, 2.24) is 4.90 Å². The quantitative estimate of drug-likeness (QED) is 0.858. The van der Waals surface area contributed by atoms with Gasteiger partial charge in [-0.15, -0.1) is 0 Å². The molecule has 5 nitrogen and oxygen atoms in total. The second-order valence-corrected chi connectivity index (χ2v) is 4.21. The van der Waals surface area contributed by atoms with E-state index in [0.29, 0.717) is 17.1 Å². The predicted molar refractivity (Wildman–Crippen MR) is 61.4 cm³/mol. The molecular weight excluding hydrogens is 279 g/mol. The molecule has 1 aromatic rings. The lowest BCUT2D eigenvalue weighted by Crippen LogP contribution is -2.30. The normalized spacial score (nSPS) is 13.2. The Kier molecular flexibility index (Phi) is 3.91.